The van der Waals surface area contributed by atoms with Crippen LogP contribution in [0.3, 0.4) is 0 Å². The number of anilines is 2. The van der Waals surface area contributed by atoms with Crippen molar-refractivity contribution in [2.75, 3.05) is 16.3 Å². The number of nitrogens with zero attached hydrogens (tertiary/aromatic N) is 4. The average molecular weight is 308 g/mol. The van der Waals surface area contributed by atoms with Gasteiger partial charge in [-0.1, -0.05) is 18.2 Å². The van der Waals surface area contributed by atoms with Gasteiger partial charge in [-0.25, -0.2) is 9.97 Å². The van der Waals surface area contributed by atoms with Crippen molar-refractivity contribution in [1.29, 1.82) is 0 Å². The summed E-state index contributed by atoms with van der Waals surface area (Å²) in [5.74, 6) is 1.01. The van der Waals surface area contributed by atoms with E-state index in [9.17, 15) is 4.79 Å². The van der Waals surface area contributed by atoms with Crippen molar-refractivity contribution in [3.63, 3.8) is 0 Å². The molecule has 2 atom stereocenters. The summed E-state index contributed by atoms with van der Waals surface area (Å²) < 4.78 is 0. The highest BCUT2D eigenvalue weighted by Crippen LogP contribution is 2.36. The van der Waals surface area contributed by atoms with E-state index >= 15 is 0 Å². The van der Waals surface area contributed by atoms with Gasteiger partial charge in [-0.2, -0.15) is 0 Å². The predicted octanol–water partition coefficient (Wildman–Crippen LogP) is 2.56. The first kappa shape index (κ1) is 14.2. The van der Waals surface area contributed by atoms with Crippen molar-refractivity contribution in [2.45, 2.75) is 38.3 Å². The number of amides is 1. The van der Waals surface area contributed by atoms with Gasteiger partial charge in [0.25, 0.3) is 0 Å². The molecule has 23 heavy (non-hydrogen) atoms. The van der Waals surface area contributed by atoms with Gasteiger partial charge in [0.1, 0.15) is 0 Å². The lowest BCUT2D eigenvalue weighted by Crippen LogP contribution is -2.52. The van der Waals surface area contributed by atoms with Crippen molar-refractivity contribution in [2.24, 2.45) is 0 Å². The lowest BCUT2D eigenvalue weighted by molar-refractivity contribution is -0.120. The standard InChI is InChI=1S/C18H20N4O/c1-13-11-19-18(20-12-13)21-10-9-16-15(21)7-8-17(23)22(16)14-5-3-2-4-6-14/h2-6,11-12,15-16H,7-10H2,1H3/t15-,16-/m1/s1. The van der Waals surface area contributed by atoms with Crippen LogP contribution in [0.2, 0.25) is 0 Å². The molecule has 1 aromatic carbocycles. The molecule has 1 aromatic heterocycles. The first-order valence-corrected chi connectivity index (χ1v) is 8.16. The number of aromatic nitrogens is 2. The van der Waals surface area contributed by atoms with E-state index in [-0.39, 0.29) is 11.9 Å². The predicted molar refractivity (Wildman–Crippen MR) is 89.5 cm³/mol. The zero-order chi connectivity index (χ0) is 15.8. The Hall–Kier alpha value is -2.43. The molecular weight excluding hydrogens is 288 g/mol. The molecule has 0 bridgehead atoms. The normalized spacial score (nSPS) is 24.0. The Balaban J connectivity index is 1.64. The van der Waals surface area contributed by atoms with E-state index in [1.165, 1.54) is 0 Å². The van der Waals surface area contributed by atoms with Crippen LogP contribution in [0.5, 0.6) is 0 Å². The van der Waals surface area contributed by atoms with E-state index in [0.717, 1.165) is 36.6 Å². The Morgan fingerprint density at radius 3 is 2.52 bits per heavy atom. The zero-order valence-electron chi connectivity index (χ0n) is 13.2. The van der Waals surface area contributed by atoms with Crippen LogP contribution in [-0.4, -0.2) is 34.5 Å². The minimum Gasteiger partial charge on any atom is -0.336 e. The summed E-state index contributed by atoms with van der Waals surface area (Å²) in [6, 6.07) is 10.5. The van der Waals surface area contributed by atoms with Gasteiger partial charge in [0.2, 0.25) is 11.9 Å². The van der Waals surface area contributed by atoms with Crippen LogP contribution in [0.15, 0.2) is 42.7 Å². The summed E-state index contributed by atoms with van der Waals surface area (Å²) in [6.45, 7) is 2.89. The third-order valence-electron chi connectivity index (χ3n) is 4.82. The highest BCUT2D eigenvalue weighted by Gasteiger charge is 2.44. The second kappa shape index (κ2) is 5.65. The van der Waals surface area contributed by atoms with Gasteiger partial charge in [0, 0.05) is 31.0 Å². The van der Waals surface area contributed by atoms with Gasteiger partial charge in [-0.3, -0.25) is 4.79 Å². The van der Waals surface area contributed by atoms with Gasteiger partial charge in [0.05, 0.1) is 12.1 Å². The van der Waals surface area contributed by atoms with Crippen LogP contribution < -0.4 is 9.80 Å². The number of piperidine rings is 1. The molecule has 0 saturated carbocycles. The summed E-state index contributed by atoms with van der Waals surface area (Å²) in [5.41, 5.74) is 2.06. The average Bonchev–Trinajstić information content (AvgIpc) is 3.00. The van der Waals surface area contributed by atoms with Gasteiger partial charge in [-0.15, -0.1) is 0 Å². The summed E-state index contributed by atoms with van der Waals surface area (Å²) in [7, 11) is 0. The van der Waals surface area contributed by atoms with Crippen molar-refractivity contribution in [3.8, 4) is 0 Å². The largest absolute Gasteiger partial charge is 0.336 e. The van der Waals surface area contributed by atoms with Gasteiger partial charge < -0.3 is 9.80 Å². The van der Waals surface area contributed by atoms with Crippen molar-refractivity contribution >= 4 is 17.5 Å². The molecule has 0 aliphatic carbocycles. The Labute approximate surface area is 136 Å². The maximum atomic E-state index is 12.5. The van der Waals surface area contributed by atoms with E-state index in [4.69, 9.17) is 0 Å². The fourth-order valence-electron chi connectivity index (χ4n) is 3.77. The van der Waals surface area contributed by atoms with E-state index < -0.39 is 0 Å². The monoisotopic (exact) mass is 308 g/mol. The smallest absolute Gasteiger partial charge is 0.227 e. The molecule has 2 saturated heterocycles. The molecule has 0 spiro atoms. The Kier molecular flexibility index (Phi) is 3.48. The van der Waals surface area contributed by atoms with Crippen molar-refractivity contribution in [1.82, 2.24) is 9.97 Å². The molecule has 2 fully saturated rings. The SMILES string of the molecule is Cc1cnc(N2CC[C@@H]3[C@H]2CCC(=O)N3c2ccccc2)nc1. The zero-order valence-corrected chi connectivity index (χ0v) is 13.2. The highest BCUT2D eigenvalue weighted by molar-refractivity contribution is 5.95. The number of hydrogen-bond acceptors (Lipinski definition) is 4. The van der Waals surface area contributed by atoms with E-state index in [1.54, 1.807) is 0 Å². The number of rotatable bonds is 2. The minimum atomic E-state index is 0.212. The van der Waals surface area contributed by atoms with Crippen molar-refractivity contribution in [3.05, 3.63) is 48.3 Å². The molecule has 0 N–H and O–H groups in total. The summed E-state index contributed by atoms with van der Waals surface area (Å²) in [4.78, 5) is 25.7. The molecule has 2 aliphatic heterocycles. The number of fused-ring (bicyclic) bond motifs is 1. The molecule has 0 radical (unpaired) electrons. The summed E-state index contributed by atoms with van der Waals surface area (Å²) in [6.07, 6.45) is 6.14. The number of hydrogen-bond donors (Lipinski definition) is 0. The third-order valence-corrected chi connectivity index (χ3v) is 4.82. The molecule has 2 aliphatic rings. The number of carbonyl (C=O) groups is 1. The molecule has 2 aromatic rings. The van der Waals surface area contributed by atoms with E-state index in [1.807, 2.05) is 54.5 Å². The maximum absolute atomic E-state index is 12.5. The number of para-hydroxylation sites is 1. The second-order valence-corrected chi connectivity index (χ2v) is 6.32. The molecule has 4 rings (SSSR count). The lowest BCUT2D eigenvalue weighted by Gasteiger charge is -2.39. The van der Waals surface area contributed by atoms with Crippen LogP contribution in [0.1, 0.15) is 24.8 Å². The first-order chi connectivity index (χ1) is 11.2. The Morgan fingerprint density at radius 1 is 1.04 bits per heavy atom. The van der Waals surface area contributed by atoms with E-state index in [2.05, 4.69) is 14.9 Å². The van der Waals surface area contributed by atoms with Gasteiger partial charge in [-0.05, 0) is 37.5 Å². The highest BCUT2D eigenvalue weighted by atomic mass is 16.2. The quantitative estimate of drug-likeness (QED) is 0.855. The summed E-state index contributed by atoms with van der Waals surface area (Å²) >= 11 is 0. The Bertz CT molecular complexity index is 701. The Morgan fingerprint density at radius 2 is 1.78 bits per heavy atom. The van der Waals surface area contributed by atoms with Crippen LogP contribution in [0.25, 0.3) is 0 Å². The second-order valence-electron chi connectivity index (χ2n) is 6.32. The van der Waals surface area contributed by atoms with Crippen LogP contribution in [-0.2, 0) is 4.79 Å². The minimum absolute atomic E-state index is 0.212. The molecule has 5 nitrogen and oxygen atoms in total. The topological polar surface area (TPSA) is 49.3 Å². The molecule has 1 amide bonds. The fraction of sp³-hybridized carbons (Fsp3) is 0.389. The molecule has 0 unspecified atom stereocenters. The number of aryl methyl sites for hydroxylation is 1. The maximum Gasteiger partial charge on any atom is 0.227 e. The molecule has 5 heteroatoms. The number of carbonyl (C=O) groups excluding carboxylic acids is 1. The first-order valence-electron chi connectivity index (χ1n) is 8.16. The fourth-order valence-corrected chi connectivity index (χ4v) is 3.77. The third kappa shape index (κ3) is 2.46. The van der Waals surface area contributed by atoms with E-state index in [0.29, 0.717) is 12.5 Å². The molecular formula is C18H20N4O. The lowest BCUT2D eigenvalue weighted by atomic mass is 9.95. The van der Waals surface area contributed by atoms with Crippen molar-refractivity contribution < 1.29 is 4.79 Å². The van der Waals surface area contributed by atoms with Crippen LogP contribution >= 0.6 is 0 Å². The molecule has 118 valence electrons. The molecule has 3 heterocycles. The van der Waals surface area contributed by atoms with Gasteiger partial charge in [0.15, 0.2) is 0 Å². The summed E-state index contributed by atoms with van der Waals surface area (Å²) in [5, 5.41) is 0. The van der Waals surface area contributed by atoms with Gasteiger partial charge >= 0.3 is 0 Å². The van der Waals surface area contributed by atoms with Crippen LogP contribution in [0.4, 0.5) is 11.6 Å². The number of benzene rings is 1. The van der Waals surface area contributed by atoms with Crippen LogP contribution in [0, 0.1) is 6.92 Å².